The van der Waals surface area contributed by atoms with Crippen molar-refractivity contribution in [1.29, 1.82) is 0 Å². The van der Waals surface area contributed by atoms with Crippen LogP contribution in [0.5, 0.6) is 0 Å². The summed E-state index contributed by atoms with van der Waals surface area (Å²) in [5, 5.41) is 3.66. The minimum atomic E-state index is 0.198. The Morgan fingerprint density at radius 3 is 2.24 bits per heavy atom. The first-order chi connectivity index (χ1) is 13.9. The van der Waals surface area contributed by atoms with Gasteiger partial charge in [-0.2, -0.15) is 0 Å². The van der Waals surface area contributed by atoms with E-state index in [0.717, 1.165) is 16.7 Å². The maximum atomic E-state index is 3.66. The summed E-state index contributed by atoms with van der Waals surface area (Å²) in [4.78, 5) is 2.47. The summed E-state index contributed by atoms with van der Waals surface area (Å²) in [6.45, 7) is 9.52. The number of benzene rings is 3. The number of hydrogen-bond acceptors (Lipinski definition) is 2. The normalized spacial score (nSPS) is 16.1. The molecule has 0 amide bonds. The molecule has 148 valence electrons. The molecule has 0 fully saturated rings. The van der Waals surface area contributed by atoms with E-state index < -0.39 is 0 Å². The highest BCUT2D eigenvalue weighted by Crippen LogP contribution is 2.36. The standard InChI is InChI=1S/C26H27BrN2/c1-17-8-10-23(12-19(17)3)28-24-15-26(21-6-5-7-22(27)14-21)29(16-24)25-11-9-18(2)20(4)13-25/h5-15,26,28H,16H2,1-4H3/t26-/m1/s1. The highest BCUT2D eigenvalue weighted by atomic mass is 79.9. The van der Waals surface area contributed by atoms with Gasteiger partial charge in [0.1, 0.15) is 0 Å². The average molecular weight is 447 g/mol. The fourth-order valence-electron chi connectivity index (χ4n) is 3.82. The van der Waals surface area contributed by atoms with Crippen LogP contribution in [0, 0.1) is 27.7 Å². The van der Waals surface area contributed by atoms with E-state index in [4.69, 9.17) is 0 Å². The van der Waals surface area contributed by atoms with E-state index in [2.05, 4.69) is 121 Å². The number of halogens is 1. The summed E-state index contributed by atoms with van der Waals surface area (Å²) in [6, 6.07) is 22.1. The minimum absolute atomic E-state index is 0.198. The van der Waals surface area contributed by atoms with E-state index in [0.29, 0.717) is 0 Å². The van der Waals surface area contributed by atoms with Crippen molar-refractivity contribution in [3.63, 3.8) is 0 Å². The second-order valence-electron chi connectivity index (χ2n) is 8.01. The Morgan fingerprint density at radius 2 is 1.55 bits per heavy atom. The van der Waals surface area contributed by atoms with Gasteiger partial charge in [0.2, 0.25) is 0 Å². The summed E-state index contributed by atoms with van der Waals surface area (Å²) in [7, 11) is 0. The molecule has 4 rings (SSSR count). The van der Waals surface area contributed by atoms with Crippen LogP contribution < -0.4 is 10.2 Å². The molecule has 29 heavy (non-hydrogen) atoms. The SMILES string of the molecule is Cc1ccc(NC2=C[C@H](c3cccc(Br)c3)N(c3ccc(C)c(C)c3)C2)cc1C. The van der Waals surface area contributed by atoms with Crippen LogP contribution in [0.15, 0.2) is 76.9 Å². The molecule has 3 aromatic carbocycles. The molecule has 0 spiro atoms. The third-order valence-corrected chi connectivity index (χ3v) is 6.35. The molecule has 1 N–H and O–H groups in total. The van der Waals surface area contributed by atoms with Gasteiger partial charge >= 0.3 is 0 Å². The molecule has 3 heteroatoms. The quantitative estimate of drug-likeness (QED) is 0.454. The molecule has 0 aromatic heterocycles. The van der Waals surface area contributed by atoms with Crippen molar-refractivity contribution in [3.8, 4) is 0 Å². The smallest absolute Gasteiger partial charge is 0.0751 e. The number of nitrogens with zero attached hydrogens (tertiary/aromatic N) is 1. The van der Waals surface area contributed by atoms with Gasteiger partial charge in [-0.1, -0.05) is 40.2 Å². The highest BCUT2D eigenvalue weighted by Gasteiger charge is 2.27. The van der Waals surface area contributed by atoms with Crippen LogP contribution in [-0.4, -0.2) is 6.54 Å². The third-order valence-electron chi connectivity index (χ3n) is 5.86. The lowest BCUT2D eigenvalue weighted by molar-refractivity contribution is 0.809. The van der Waals surface area contributed by atoms with E-state index in [9.17, 15) is 0 Å². The van der Waals surface area contributed by atoms with Crippen LogP contribution in [0.2, 0.25) is 0 Å². The van der Waals surface area contributed by atoms with E-state index in [1.165, 1.54) is 39.2 Å². The van der Waals surface area contributed by atoms with Gasteiger partial charge in [0, 0.05) is 21.5 Å². The summed E-state index contributed by atoms with van der Waals surface area (Å²) >= 11 is 3.64. The van der Waals surface area contributed by atoms with Crippen molar-refractivity contribution in [2.45, 2.75) is 33.7 Å². The Labute approximate surface area is 182 Å². The summed E-state index contributed by atoms with van der Waals surface area (Å²) in [5.41, 5.74) is 10.2. The average Bonchev–Trinajstić information content (AvgIpc) is 3.11. The van der Waals surface area contributed by atoms with Gasteiger partial charge in [-0.15, -0.1) is 0 Å². The Morgan fingerprint density at radius 1 is 0.828 bits per heavy atom. The zero-order chi connectivity index (χ0) is 20.5. The first-order valence-electron chi connectivity index (χ1n) is 10.0. The molecule has 0 saturated carbocycles. The lowest BCUT2D eigenvalue weighted by Gasteiger charge is -2.28. The van der Waals surface area contributed by atoms with E-state index in [1.807, 2.05) is 0 Å². The minimum Gasteiger partial charge on any atom is -0.358 e. The van der Waals surface area contributed by atoms with E-state index in [1.54, 1.807) is 0 Å². The number of rotatable bonds is 4. The van der Waals surface area contributed by atoms with Crippen LogP contribution >= 0.6 is 15.9 Å². The van der Waals surface area contributed by atoms with Crippen LogP contribution in [0.3, 0.4) is 0 Å². The van der Waals surface area contributed by atoms with Crippen molar-refractivity contribution in [2.24, 2.45) is 0 Å². The van der Waals surface area contributed by atoms with Gasteiger partial charge in [0.05, 0.1) is 12.6 Å². The monoisotopic (exact) mass is 446 g/mol. The van der Waals surface area contributed by atoms with Gasteiger partial charge in [0.25, 0.3) is 0 Å². The third kappa shape index (κ3) is 4.25. The van der Waals surface area contributed by atoms with Crippen LogP contribution in [0.4, 0.5) is 11.4 Å². The van der Waals surface area contributed by atoms with Crippen molar-refractivity contribution < 1.29 is 0 Å². The first kappa shape index (κ1) is 19.8. The van der Waals surface area contributed by atoms with Crippen LogP contribution in [0.25, 0.3) is 0 Å². The molecular formula is C26H27BrN2. The van der Waals surface area contributed by atoms with E-state index in [-0.39, 0.29) is 6.04 Å². The second kappa shape index (κ2) is 8.08. The Bertz CT molecular complexity index is 1080. The highest BCUT2D eigenvalue weighted by molar-refractivity contribution is 9.10. The van der Waals surface area contributed by atoms with Gasteiger partial charge in [-0.25, -0.2) is 0 Å². The molecule has 1 heterocycles. The fraction of sp³-hybridized carbons (Fsp3) is 0.231. The van der Waals surface area contributed by atoms with Gasteiger partial charge in [0.15, 0.2) is 0 Å². The molecular weight excluding hydrogens is 420 g/mol. The summed E-state index contributed by atoms with van der Waals surface area (Å²) < 4.78 is 1.11. The maximum Gasteiger partial charge on any atom is 0.0751 e. The lowest BCUT2D eigenvalue weighted by atomic mass is 10.0. The van der Waals surface area contributed by atoms with Gasteiger partial charge < -0.3 is 10.2 Å². The zero-order valence-electron chi connectivity index (χ0n) is 17.5. The van der Waals surface area contributed by atoms with Crippen LogP contribution in [-0.2, 0) is 0 Å². The molecule has 0 unspecified atom stereocenters. The first-order valence-corrected chi connectivity index (χ1v) is 10.8. The van der Waals surface area contributed by atoms with Crippen molar-refractivity contribution >= 4 is 27.3 Å². The summed E-state index contributed by atoms with van der Waals surface area (Å²) in [6.07, 6.45) is 2.35. The Hall–Kier alpha value is -2.52. The number of nitrogens with one attached hydrogen (secondary N) is 1. The molecule has 0 radical (unpaired) electrons. The maximum absolute atomic E-state index is 3.66. The van der Waals surface area contributed by atoms with Gasteiger partial charge in [-0.3, -0.25) is 0 Å². The molecule has 0 bridgehead atoms. The molecule has 1 aliphatic rings. The number of hydrogen-bond donors (Lipinski definition) is 1. The molecule has 0 saturated heterocycles. The number of aryl methyl sites for hydroxylation is 4. The van der Waals surface area contributed by atoms with Crippen LogP contribution in [0.1, 0.15) is 33.9 Å². The predicted octanol–water partition coefficient (Wildman–Crippen LogP) is 7.24. The Kier molecular flexibility index (Phi) is 5.51. The molecule has 0 aliphatic carbocycles. The predicted molar refractivity (Wildman–Crippen MR) is 128 cm³/mol. The molecule has 1 atom stereocenters. The largest absolute Gasteiger partial charge is 0.358 e. The van der Waals surface area contributed by atoms with Crippen molar-refractivity contribution in [1.82, 2.24) is 0 Å². The van der Waals surface area contributed by atoms with E-state index >= 15 is 0 Å². The lowest BCUT2D eigenvalue weighted by Crippen LogP contribution is -2.25. The second-order valence-corrected chi connectivity index (χ2v) is 8.93. The van der Waals surface area contributed by atoms with Crippen molar-refractivity contribution in [3.05, 3.63) is 105 Å². The summed E-state index contributed by atoms with van der Waals surface area (Å²) in [5.74, 6) is 0. The Balaban J connectivity index is 1.69. The van der Waals surface area contributed by atoms with Crippen molar-refractivity contribution in [2.75, 3.05) is 16.8 Å². The fourth-order valence-corrected chi connectivity index (χ4v) is 4.24. The zero-order valence-corrected chi connectivity index (χ0v) is 19.0. The molecule has 2 nitrogen and oxygen atoms in total. The van der Waals surface area contributed by atoms with Gasteiger partial charge in [-0.05, 0) is 98.0 Å². The molecule has 3 aromatic rings. The topological polar surface area (TPSA) is 15.3 Å². The number of anilines is 2. The molecule has 1 aliphatic heterocycles.